The highest BCUT2D eigenvalue weighted by Crippen LogP contribution is 2.01. The van der Waals surface area contributed by atoms with Gasteiger partial charge in [0, 0.05) is 17.2 Å². The lowest BCUT2D eigenvalue weighted by Gasteiger charge is -2.07. The lowest BCUT2D eigenvalue weighted by molar-refractivity contribution is 0.100. The molecule has 0 fully saturated rings. The van der Waals surface area contributed by atoms with Gasteiger partial charge >= 0.3 is 6.03 Å². The van der Waals surface area contributed by atoms with Gasteiger partial charge in [-0.25, -0.2) is 4.79 Å². The maximum absolute atomic E-state index is 11.2. The van der Waals surface area contributed by atoms with Gasteiger partial charge in [0.1, 0.15) is 0 Å². The van der Waals surface area contributed by atoms with Crippen LogP contribution in [0.4, 0.5) is 4.79 Å². The van der Waals surface area contributed by atoms with Gasteiger partial charge in [-0.2, -0.15) is 0 Å². The van der Waals surface area contributed by atoms with Gasteiger partial charge < -0.3 is 16.4 Å². The van der Waals surface area contributed by atoms with E-state index in [0.29, 0.717) is 5.56 Å². The summed E-state index contributed by atoms with van der Waals surface area (Å²) in [4.78, 5) is 22.1. The van der Waals surface area contributed by atoms with E-state index in [9.17, 15) is 9.59 Å². The minimum absolute atomic E-state index is 0.0919. The van der Waals surface area contributed by atoms with E-state index in [0.717, 1.165) is 5.56 Å². The first-order valence-corrected chi connectivity index (χ1v) is 5.92. The van der Waals surface area contributed by atoms with Gasteiger partial charge in [0.2, 0.25) is 5.91 Å². The molecule has 1 rings (SSSR count). The Labute approximate surface area is 112 Å². The van der Waals surface area contributed by atoms with E-state index < -0.39 is 5.91 Å². The third-order valence-electron chi connectivity index (χ3n) is 2.16. The zero-order chi connectivity index (χ0) is 14.3. The Morgan fingerprint density at radius 1 is 1.26 bits per heavy atom. The molecule has 100 valence electrons. The smallest absolute Gasteiger partial charge is 0.315 e. The number of amides is 3. The second kappa shape index (κ2) is 7.07. The van der Waals surface area contributed by atoms with Crippen molar-refractivity contribution in [2.45, 2.75) is 19.9 Å². The molecule has 19 heavy (non-hydrogen) atoms. The van der Waals surface area contributed by atoms with Crippen LogP contribution in [0, 0.1) is 11.8 Å². The van der Waals surface area contributed by atoms with E-state index in [2.05, 4.69) is 22.5 Å². The van der Waals surface area contributed by atoms with Gasteiger partial charge in [0.05, 0.1) is 6.54 Å². The van der Waals surface area contributed by atoms with E-state index in [1.54, 1.807) is 24.3 Å². The molecular formula is C14H17N3O2. The van der Waals surface area contributed by atoms with E-state index in [4.69, 9.17) is 5.73 Å². The molecule has 0 atom stereocenters. The van der Waals surface area contributed by atoms with E-state index in [1.807, 2.05) is 13.8 Å². The fourth-order valence-corrected chi connectivity index (χ4v) is 1.30. The fraction of sp³-hybridized carbons (Fsp3) is 0.286. The molecule has 3 amide bonds. The Morgan fingerprint density at radius 2 is 1.89 bits per heavy atom. The molecule has 5 nitrogen and oxygen atoms in total. The first kappa shape index (κ1) is 14.6. The summed E-state index contributed by atoms with van der Waals surface area (Å²) in [5, 5.41) is 5.31. The summed E-state index contributed by atoms with van der Waals surface area (Å²) in [7, 11) is 0. The van der Waals surface area contributed by atoms with Crippen molar-refractivity contribution in [2.24, 2.45) is 5.73 Å². The van der Waals surface area contributed by atoms with Crippen LogP contribution in [0.1, 0.15) is 29.8 Å². The van der Waals surface area contributed by atoms with Crippen molar-refractivity contribution < 1.29 is 9.59 Å². The minimum atomic E-state index is -0.466. The number of carbonyl (C=O) groups is 2. The molecule has 0 unspecified atom stereocenters. The van der Waals surface area contributed by atoms with Crippen molar-refractivity contribution in [1.29, 1.82) is 0 Å². The average Bonchev–Trinajstić information content (AvgIpc) is 2.34. The Hall–Kier alpha value is -2.48. The number of nitrogens with one attached hydrogen (secondary N) is 2. The second-order valence-electron chi connectivity index (χ2n) is 4.23. The molecule has 0 aromatic heterocycles. The zero-order valence-corrected chi connectivity index (χ0v) is 11.0. The summed E-state index contributed by atoms with van der Waals surface area (Å²) in [6.07, 6.45) is 0. The molecule has 0 spiro atoms. The summed E-state index contributed by atoms with van der Waals surface area (Å²) < 4.78 is 0. The SMILES string of the molecule is CC(C)NC(=O)NCC#Cc1ccc(C(N)=O)cc1. The monoisotopic (exact) mass is 259 g/mol. The molecule has 0 aliphatic heterocycles. The average molecular weight is 259 g/mol. The number of primary amides is 1. The number of carbonyl (C=O) groups excluding carboxylic acids is 2. The molecule has 5 heteroatoms. The molecule has 4 N–H and O–H groups in total. The highest BCUT2D eigenvalue weighted by Gasteiger charge is 1.99. The quantitative estimate of drug-likeness (QED) is 0.703. The summed E-state index contributed by atoms with van der Waals surface area (Å²) in [5.74, 6) is 5.23. The highest BCUT2D eigenvalue weighted by molar-refractivity contribution is 5.92. The Balaban J connectivity index is 2.46. The van der Waals surface area contributed by atoms with Crippen molar-refractivity contribution in [3.05, 3.63) is 35.4 Å². The molecule has 0 radical (unpaired) electrons. The summed E-state index contributed by atoms with van der Waals surface area (Å²) in [5.41, 5.74) is 6.33. The highest BCUT2D eigenvalue weighted by atomic mass is 16.2. The molecule has 0 bridgehead atoms. The summed E-state index contributed by atoms with van der Waals surface area (Å²) >= 11 is 0. The van der Waals surface area contributed by atoms with Crippen molar-refractivity contribution >= 4 is 11.9 Å². The standard InChI is InChI=1S/C14H17N3O2/c1-10(2)17-14(19)16-9-3-4-11-5-7-12(8-6-11)13(15)18/h5-8,10H,9H2,1-2H3,(H2,15,18)(H2,16,17,19). The summed E-state index contributed by atoms with van der Waals surface area (Å²) in [6, 6.07) is 6.50. The predicted octanol–water partition coefficient (Wildman–Crippen LogP) is 0.845. The van der Waals surface area contributed by atoms with Crippen molar-refractivity contribution in [3.8, 4) is 11.8 Å². The molecule has 0 aliphatic carbocycles. The van der Waals surface area contributed by atoms with Crippen molar-refractivity contribution in [3.63, 3.8) is 0 Å². The number of rotatable bonds is 3. The topological polar surface area (TPSA) is 84.2 Å². The van der Waals surface area contributed by atoms with E-state index in [1.165, 1.54) is 0 Å². The van der Waals surface area contributed by atoms with Gasteiger partial charge in [0.15, 0.2) is 0 Å². The van der Waals surface area contributed by atoms with Crippen molar-refractivity contribution in [2.75, 3.05) is 6.54 Å². The van der Waals surface area contributed by atoms with Crippen LogP contribution in [0.2, 0.25) is 0 Å². The second-order valence-corrected chi connectivity index (χ2v) is 4.23. The third kappa shape index (κ3) is 5.59. The lowest BCUT2D eigenvalue weighted by atomic mass is 10.1. The maximum Gasteiger partial charge on any atom is 0.315 e. The number of hydrogen-bond donors (Lipinski definition) is 3. The Bertz CT molecular complexity index is 510. The third-order valence-corrected chi connectivity index (χ3v) is 2.16. The van der Waals surface area contributed by atoms with Gasteiger partial charge in [-0.1, -0.05) is 11.8 Å². The first-order valence-electron chi connectivity index (χ1n) is 5.92. The largest absolute Gasteiger partial charge is 0.366 e. The van der Waals surface area contributed by atoms with Crippen molar-refractivity contribution in [1.82, 2.24) is 10.6 Å². The van der Waals surface area contributed by atoms with Crippen LogP contribution in [-0.4, -0.2) is 24.5 Å². The molecule has 0 aliphatic rings. The number of benzene rings is 1. The van der Waals surface area contributed by atoms with Crippen LogP contribution in [0.25, 0.3) is 0 Å². The zero-order valence-electron chi connectivity index (χ0n) is 11.0. The van der Waals surface area contributed by atoms with Gasteiger partial charge in [-0.05, 0) is 38.1 Å². The number of urea groups is 1. The van der Waals surface area contributed by atoms with Crippen LogP contribution < -0.4 is 16.4 Å². The molecule has 0 saturated heterocycles. The van der Waals surface area contributed by atoms with Gasteiger partial charge in [-0.15, -0.1) is 0 Å². The van der Waals surface area contributed by atoms with Crippen LogP contribution in [0.5, 0.6) is 0 Å². The predicted molar refractivity (Wildman–Crippen MR) is 73.5 cm³/mol. The normalized spacial score (nSPS) is 9.42. The minimum Gasteiger partial charge on any atom is -0.366 e. The Morgan fingerprint density at radius 3 is 2.42 bits per heavy atom. The maximum atomic E-state index is 11.2. The number of hydrogen-bond acceptors (Lipinski definition) is 2. The fourth-order valence-electron chi connectivity index (χ4n) is 1.30. The lowest BCUT2D eigenvalue weighted by Crippen LogP contribution is -2.39. The molecule has 0 heterocycles. The molecule has 1 aromatic rings. The first-order chi connectivity index (χ1) is 8.99. The Kier molecular flexibility index (Phi) is 5.42. The van der Waals surface area contributed by atoms with Gasteiger partial charge in [0.25, 0.3) is 0 Å². The molecule has 1 aromatic carbocycles. The van der Waals surface area contributed by atoms with Crippen LogP contribution in [-0.2, 0) is 0 Å². The van der Waals surface area contributed by atoms with Crippen LogP contribution >= 0.6 is 0 Å². The number of nitrogens with two attached hydrogens (primary N) is 1. The van der Waals surface area contributed by atoms with E-state index >= 15 is 0 Å². The van der Waals surface area contributed by atoms with Crippen LogP contribution in [0.3, 0.4) is 0 Å². The molecule has 0 saturated carbocycles. The summed E-state index contributed by atoms with van der Waals surface area (Å²) in [6.45, 7) is 4.02. The van der Waals surface area contributed by atoms with Gasteiger partial charge in [-0.3, -0.25) is 4.79 Å². The van der Waals surface area contributed by atoms with Crippen LogP contribution in [0.15, 0.2) is 24.3 Å². The van der Waals surface area contributed by atoms with E-state index in [-0.39, 0.29) is 18.6 Å². The molecular weight excluding hydrogens is 242 g/mol.